The molecule has 0 unspecified atom stereocenters. The zero-order valence-electron chi connectivity index (χ0n) is 13.7. The number of benzene rings is 2. The number of amides is 2. The average molecular weight is 363 g/mol. The fourth-order valence-electron chi connectivity index (χ4n) is 2.69. The Morgan fingerprint density at radius 3 is 2.58 bits per heavy atom. The van der Waals surface area contributed by atoms with E-state index < -0.39 is 0 Å². The molecule has 2 heterocycles. The number of rotatable bonds is 3. The van der Waals surface area contributed by atoms with Crippen molar-refractivity contribution in [2.75, 3.05) is 12.0 Å². The Morgan fingerprint density at radius 2 is 1.81 bits per heavy atom. The Labute approximate surface area is 153 Å². The minimum Gasteiger partial charge on any atom is -0.497 e. The molecule has 0 saturated carbocycles. The molecule has 7 heteroatoms. The van der Waals surface area contributed by atoms with Gasteiger partial charge in [0, 0.05) is 18.0 Å². The Balaban J connectivity index is 1.71. The van der Waals surface area contributed by atoms with Gasteiger partial charge in [0.15, 0.2) is 0 Å². The maximum Gasteiger partial charge on any atom is 0.298 e. The van der Waals surface area contributed by atoms with Gasteiger partial charge in [-0.1, -0.05) is 12.1 Å². The molecule has 1 aliphatic rings. The number of aromatic nitrogens is 2. The number of methoxy groups -OCH3 is 1. The number of carbonyl (C=O) groups is 2. The third-order valence-electron chi connectivity index (χ3n) is 3.94. The fraction of sp³-hybridized carbons (Fsp3) is 0.0526. The molecular weight excluding hydrogens is 350 g/mol. The van der Waals surface area contributed by atoms with Crippen molar-refractivity contribution in [2.45, 2.75) is 0 Å². The summed E-state index contributed by atoms with van der Waals surface area (Å²) in [5.74, 6) is 0.302. The topological polar surface area (TPSA) is 72.4 Å². The average Bonchev–Trinajstić information content (AvgIpc) is 2.95. The van der Waals surface area contributed by atoms with Gasteiger partial charge >= 0.3 is 0 Å². The lowest BCUT2D eigenvalue weighted by molar-refractivity contribution is -0.113. The summed E-state index contributed by atoms with van der Waals surface area (Å²) in [4.78, 5) is 35.2. The van der Waals surface area contributed by atoms with Crippen LogP contribution in [0.1, 0.15) is 5.56 Å². The summed E-state index contributed by atoms with van der Waals surface area (Å²) < 4.78 is 5.11. The second kappa shape index (κ2) is 6.61. The molecular formula is C19H13N3O3S. The SMILES string of the molecule is COc1ccc(N2C(=O)S/C(=C\c3cccc4nccnc34)C2=O)cc1. The lowest BCUT2D eigenvalue weighted by Gasteiger charge is -2.12. The smallest absolute Gasteiger partial charge is 0.298 e. The van der Waals surface area contributed by atoms with E-state index >= 15 is 0 Å². The standard InChI is InChI=1S/C19H13N3O3S/c1-25-14-7-5-13(6-8-14)22-18(23)16(26-19(22)24)11-12-3-2-4-15-17(12)21-10-9-20-15/h2-11H,1H3/b16-11-. The number of hydrogen-bond donors (Lipinski definition) is 0. The van der Waals surface area contributed by atoms with Crippen molar-refractivity contribution in [1.29, 1.82) is 0 Å². The summed E-state index contributed by atoms with van der Waals surface area (Å²) in [7, 11) is 1.56. The highest BCUT2D eigenvalue weighted by molar-refractivity contribution is 8.19. The highest BCUT2D eigenvalue weighted by Gasteiger charge is 2.36. The van der Waals surface area contributed by atoms with Crippen LogP contribution in [0.4, 0.5) is 10.5 Å². The summed E-state index contributed by atoms with van der Waals surface area (Å²) >= 11 is 0.909. The van der Waals surface area contributed by atoms with Gasteiger partial charge in [-0.2, -0.15) is 0 Å². The van der Waals surface area contributed by atoms with Crippen LogP contribution in [0.25, 0.3) is 17.1 Å². The largest absolute Gasteiger partial charge is 0.497 e. The number of carbonyl (C=O) groups excluding carboxylic acids is 2. The van der Waals surface area contributed by atoms with Crippen molar-refractivity contribution >= 4 is 45.7 Å². The molecule has 128 valence electrons. The Morgan fingerprint density at radius 1 is 1.04 bits per heavy atom. The molecule has 1 saturated heterocycles. The molecule has 1 aromatic heterocycles. The van der Waals surface area contributed by atoms with E-state index in [2.05, 4.69) is 9.97 Å². The van der Waals surface area contributed by atoms with E-state index in [1.165, 1.54) is 0 Å². The summed E-state index contributed by atoms with van der Waals surface area (Å²) in [6.45, 7) is 0. The van der Waals surface area contributed by atoms with E-state index in [4.69, 9.17) is 4.74 Å². The maximum atomic E-state index is 12.8. The van der Waals surface area contributed by atoms with Gasteiger partial charge in [-0.25, -0.2) is 4.90 Å². The summed E-state index contributed by atoms with van der Waals surface area (Å²) in [5.41, 5.74) is 2.67. The van der Waals surface area contributed by atoms with Gasteiger partial charge in [-0.3, -0.25) is 19.6 Å². The number of ether oxygens (including phenoxy) is 1. The normalized spacial score (nSPS) is 15.9. The van der Waals surface area contributed by atoms with Crippen molar-refractivity contribution < 1.29 is 14.3 Å². The molecule has 0 aliphatic carbocycles. The number of anilines is 1. The van der Waals surface area contributed by atoms with Crippen LogP contribution >= 0.6 is 11.8 Å². The third kappa shape index (κ3) is 2.82. The van der Waals surface area contributed by atoms with Gasteiger partial charge in [0.25, 0.3) is 11.1 Å². The van der Waals surface area contributed by atoms with Crippen molar-refractivity contribution in [3.8, 4) is 5.75 Å². The first-order chi connectivity index (χ1) is 12.7. The predicted octanol–water partition coefficient (Wildman–Crippen LogP) is 3.88. The minimum atomic E-state index is -0.355. The summed E-state index contributed by atoms with van der Waals surface area (Å²) in [6.07, 6.45) is 4.90. The summed E-state index contributed by atoms with van der Waals surface area (Å²) in [5, 5.41) is -0.335. The van der Waals surface area contributed by atoms with E-state index in [1.54, 1.807) is 49.8 Å². The molecule has 1 fully saturated rings. The molecule has 0 N–H and O–H groups in total. The van der Waals surface area contributed by atoms with Crippen LogP contribution in [-0.2, 0) is 4.79 Å². The molecule has 0 spiro atoms. The van der Waals surface area contributed by atoms with Crippen LogP contribution in [0.3, 0.4) is 0 Å². The predicted molar refractivity (Wildman–Crippen MR) is 101 cm³/mol. The van der Waals surface area contributed by atoms with E-state index in [0.29, 0.717) is 21.9 Å². The van der Waals surface area contributed by atoms with E-state index in [-0.39, 0.29) is 11.1 Å². The second-order valence-corrected chi connectivity index (χ2v) is 6.48. The first kappa shape index (κ1) is 16.3. The maximum absolute atomic E-state index is 12.8. The van der Waals surface area contributed by atoms with Gasteiger partial charge in [0.2, 0.25) is 0 Å². The Hall–Kier alpha value is -3.19. The van der Waals surface area contributed by atoms with Crippen molar-refractivity contribution in [1.82, 2.24) is 9.97 Å². The first-order valence-corrected chi connectivity index (χ1v) is 8.61. The monoisotopic (exact) mass is 363 g/mol. The van der Waals surface area contributed by atoms with Crippen LogP contribution in [-0.4, -0.2) is 28.2 Å². The molecule has 26 heavy (non-hydrogen) atoms. The molecule has 0 radical (unpaired) electrons. The number of hydrogen-bond acceptors (Lipinski definition) is 6. The zero-order chi connectivity index (χ0) is 18.1. The van der Waals surface area contributed by atoms with Crippen molar-refractivity contribution in [3.63, 3.8) is 0 Å². The highest BCUT2D eigenvalue weighted by Crippen LogP contribution is 2.36. The fourth-order valence-corrected chi connectivity index (χ4v) is 3.53. The van der Waals surface area contributed by atoms with Crippen LogP contribution < -0.4 is 9.64 Å². The van der Waals surface area contributed by atoms with Crippen LogP contribution in [0.5, 0.6) is 5.75 Å². The van der Waals surface area contributed by atoms with E-state index in [9.17, 15) is 9.59 Å². The number of fused-ring (bicyclic) bond motifs is 1. The Kier molecular flexibility index (Phi) is 4.14. The summed E-state index contributed by atoms with van der Waals surface area (Å²) in [6, 6.07) is 12.3. The first-order valence-electron chi connectivity index (χ1n) is 7.79. The number of thioether (sulfide) groups is 1. The van der Waals surface area contributed by atoms with Gasteiger partial charge in [-0.15, -0.1) is 0 Å². The number of para-hydroxylation sites is 1. The molecule has 3 aromatic rings. The third-order valence-corrected chi connectivity index (χ3v) is 4.81. The highest BCUT2D eigenvalue weighted by atomic mass is 32.2. The van der Waals surface area contributed by atoms with E-state index in [1.807, 2.05) is 18.2 Å². The molecule has 2 amide bonds. The van der Waals surface area contributed by atoms with Crippen LogP contribution in [0.2, 0.25) is 0 Å². The zero-order valence-corrected chi connectivity index (χ0v) is 14.6. The van der Waals surface area contributed by atoms with Crippen LogP contribution in [0, 0.1) is 0 Å². The Bertz CT molecular complexity index is 1040. The molecule has 0 bridgehead atoms. The van der Waals surface area contributed by atoms with Gasteiger partial charge in [-0.05, 0) is 48.2 Å². The molecule has 6 nitrogen and oxygen atoms in total. The minimum absolute atomic E-state index is 0.335. The number of imide groups is 1. The quantitative estimate of drug-likeness (QED) is 0.658. The van der Waals surface area contributed by atoms with Crippen molar-refractivity contribution in [2.24, 2.45) is 0 Å². The van der Waals surface area contributed by atoms with Crippen LogP contribution in [0.15, 0.2) is 59.8 Å². The number of nitrogens with zero attached hydrogens (tertiary/aromatic N) is 3. The van der Waals surface area contributed by atoms with Crippen molar-refractivity contribution in [3.05, 3.63) is 65.3 Å². The molecule has 0 atom stereocenters. The second-order valence-electron chi connectivity index (χ2n) is 5.49. The van der Waals surface area contributed by atoms with Gasteiger partial charge < -0.3 is 4.74 Å². The molecule has 1 aliphatic heterocycles. The molecule has 4 rings (SSSR count). The molecule has 2 aromatic carbocycles. The van der Waals surface area contributed by atoms with Gasteiger partial charge in [0.1, 0.15) is 5.75 Å². The lowest BCUT2D eigenvalue weighted by Crippen LogP contribution is -2.27. The lowest BCUT2D eigenvalue weighted by atomic mass is 10.1. The van der Waals surface area contributed by atoms with Gasteiger partial charge in [0.05, 0.1) is 28.7 Å². The van der Waals surface area contributed by atoms with E-state index in [0.717, 1.165) is 27.7 Å².